The first-order valence-electron chi connectivity index (χ1n) is 12.9. The summed E-state index contributed by atoms with van der Waals surface area (Å²) < 4.78 is 6.48. The SMILES string of the molecule is c1ccc(-n2cnc3ccccc32)c(-c2cc(-n3cnc4ccccc43)ccc2-n2cnc3ccccc32)c1. The third-order valence-electron chi connectivity index (χ3n) is 7.33. The van der Waals surface area contributed by atoms with E-state index in [2.05, 4.69) is 101 Å². The highest BCUT2D eigenvalue weighted by atomic mass is 15.1. The molecule has 0 bridgehead atoms. The van der Waals surface area contributed by atoms with E-state index in [-0.39, 0.29) is 0 Å². The van der Waals surface area contributed by atoms with Gasteiger partial charge >= 0.3 is 0 Å². The second kappa shape index (κ2) is 8.53. The van der Waals surface area contributed by atoms with Gasteiger partial charge in [-0.15, -0.1) is 0 Å². The van der Waals surface area contributed by atoms with Gasteiger partial charge in [-0.2, -0.15) is 0 Å². The van der Waals surface area contributed by atoms with Crippen molar-refractivity contribution in [3.05, 3.63) is 134 Å². The lowest BCUT2D eigenvalue weighted by atomic mass is 10.00. The minimum Gasteiger partial charge on any atom is -0.299 e. The van der Waals surface area contributed by atoms with Gasteiger partial charge < -0.3 is 0 Å². The van der Waals surface area contributed by atoms with Crippen LogP contribution in [-0.2, 0) is 0 Å². The number of aromatic nitrogens is 6. The van der Waals surface area contributed by atoms with Crippen LogP contribution in [0.1, 0.15) is 0 Å². The monoisotopic (exact) mass is 502 g/mol. The topological polar surface area (TPSA) is 53.5 Å². The highest BCUT2D eigenvalue weighted by molar-refractivity contribution is 5.88. The summed E-state index contributed by atoms with van der Waals surface area (Å²) in [6.45, 7) is 0. The Morgan fingerprint density at radius 3 is 1.46 bits per heavy atom. The van der Waals surface area contributed by atoms with Crippen LogP contribution >= 0.6 is 0 Å². The lowest BCUT2D eigenvalue weighted by Gasteiger charge is -2.18. The quantitative estimate of drug-likeness (QED) is 0.252. The van der Waals surface area contributed by atoms with Gasteiger partial charge in [-0.1, -0.05) is 54.6 Å². The van der Waals surface area contributed by atoms with Crippen molar-refractivity contribution in [1.29, 1.82) is 0 Å². The molecule has 0 radical (unpaired) electrons. The molecule has 0 fully saturated rings. The van der Waals surface area contributed by atoms with E-state index in [0.29, 0.717) is 0 Å². The molecular weight excluding hydrogens is 480 g/mol. The molecule has 6 nitrogen and oxygen atoms in total. The molecule has 0 unspecified atom stereocenters. The van der Waals surface area contributed by atoms with Gasteiger partial charge in [-0.25, -0.2) is 15.0 Å². The molecule has 5 aromatic carbocycles. The van der Waals surface area contributed by atoms with Crippen LogP contribution in [0.15, 0.2) is 134 Å². The molecule has 0 aliphatic carbocycles. The summed E-state index contributed by atoms with van der Waals surface area (Å²) in [5.74, 6) is 0. The minimum atomic E-state index is 0.960. The maximum atomic E-state index is 4.69. The molecule has 0 N–H and O–H groups in total. The van der Waals surface area contributed by atoms with Gasteiger partial charge in [0.15, 0.2) is 0 Å². The number of hydrogen-bond donors (Lipinski definition) is 0. The molecule has 3 aromatic heterocycles. The summed E-state index contributed by atoms with van der Waals surface area (Å²) in [5, 5.41) is 0. The number of imidazole rings is 3. The van der Waals surface area contributed by atoms with E-state index in [1.165, 1.54) is 0 Å². The average molecular weight is 503 g/mol. The zero-order valence-electron chi connectivity index (χ0n) is 20.9. The number of hydrogen-bond acceptors (Lipinski definition) is 3. The van der Waals surface area contributed by atoms with Crippen molar-refractivity contribution in [2.45, 2.75) is 0 Å². The lowest BCUT2D eigenvalue weighted by molar-refractivity contribution is 1.06. The molecule has 3 heterocycles. The van der Waals surface area contributed by atoms with Crippen LogP contribution in [0.2, 0.25) is 0 Å². The zero-order chi connectivity index (χ0) is 25.8. The molecule has 0 amide bonds. The highest BCUT2D eigenvalue weighted by Crippen LogP contribution is 2.36. The van der Waals surface area contributed by atoms with Crippen molar-refractivity contribution in [1.82, 2.24) is 28.7 Å². The van der Waals surface area contributed by atoms with Gasteiger partial charge in [-0.3, -0.25) is 13.7 Å². The van der Waals surface area contributed by atoms with Gasteiger partial charge in [0.1, 0.15) is 19.0 Å². The Hall–Kier alpha value is -5.49. The van der Waals surface area contributed by atoms with Crippen LogP contribution in [0.4, 0.5) is 0 Å². The second-order valence-electron chi connectivity index (χ2n) is 9.53. The first kappa shape index (κ1) is 21.6. The van der Waals surface area contributed by atoms with Crippen molar-refractivity contribution in [3.8, 4) is 28.2 Å². The van der Waals surface area contributed by atoms with E-state index < -0.39 is 0 Å². The summed E-state index contributed by atoms with van der Waals surface area (Å²) in [4.78, 5) is 14.0. The summed E-state index contributed by atoms with van der Waals surface area (Å²) in [5.41, 5.74) is 11.4. The summed E-state index contributed by atoms with van der Waals surface area (Å²) in [6.07, 6.45) is 5.71. The third-order valence-corrected chi connectivity index (χ3v) is 7.33. The molecule has 6 heteroatoms. The van der Waals surface area contributed by atoms with Crippen LogP contribution in [0.3, 0.4) is 0 Å². The molecule has 0 aliphatic rings. The zero-order valence-corrected chi connectivity index (χ0v) is 20.9. The largest absolute Gasteiger partial charge is 0.299 e. The summed E-state index contributed by atoms with van der Waals surface area (Å²) in [6, 6.07) is 39.7. The number of rotatable bonds is 4. The molecular formula is C33H22N6. The van der Waals surface area contributed by atoms with E-state index in [9.17, 15) is 0 Å². The van der Waals surface area contributed by atoms with Crippen molar-refractivity contribution >= 4 is 33.1 Å². The molecule has 39 heavy (non-hydrogen) atoms. The standard InChI is InChI=1S/C33H22N6/c1-5-13-29(38-21-35-27-11-3-7-15-32(27)38)24(9-1)25-19-23(37-20-34-26-10-2-6-14-31(26)37)17-18-30(25)39-22-36-28-12-4-8-16-33(28)39/h1-22H. The Morgan fingerprint density at radius 1 is 0.385 bits per heavy atom. The third kappa shape index (κ3) is 3.39. The molecule has 0 saturated carbocycles. The Bertz CT molecular complexity index is 2150. The molecule has 8 rings (SSSR count). The lowest BCUT2D eigenvalue weighted by Crippen LogP contribution is -2.02. The van der Waals surface area contributed by atoms with Crippen LogP contribution in [-0.4, -0.2) is 28.7 Å². The number of para-hydroxylation sites is 7. The van der Waals surface area contributed by atoms with Gasteiger partial charge in [0.25, 0.3) is 0 Å². The molecule has 0 spiro atoms. The normalized spacial score (nSPS) is 11.6. The van der Waals surface area contributed by atoms with Crippen LogP contribution in [0.25, 0.3) is 61.3 Å². The highest BCUT2D eigenvalue weighted by Gasteiger charge is 2.17. The Kier molecular flexibility index (Phi) is 4.72. The number of benzene rings is 5. The molecule has 0 aliphatic heterocycles. The molecule has 8 aromatic rings. The smallest absolute Gasteiger partial charge is 0.100 e. The fourth-order valence-electron chi connectivity index (χ4n) is 5.48. The van der Waals surface area contributed by atoms with Gasteiger partial charge in [0, 0.05) is 16.8 Å². The Morgan fingerprint density at radius 2 is 0.846 bits per heavy atom. The van der Waals surface area contributed by atoms with Gasteiger partial charge in [0.2, 0.25) is 0 Å². The fraction of sp³-hybridized carbons (Fsp3) is 0. The van der Waals surface area contributed by atoms with Crippen LogP contribution in [0, 0.1) is 0 Å². The van der Waals surface area contributed by atoms with E-state index in [0.717, 1.165) is 61.3 Å². The van der Waals surface area contributed by atoms with Gasteiger partial charge in [0.05, 0.1) is 44.5 Å². The molecule has 0 saturated heterocycles. The fourth-order valence-corrected chi connectivity index (χ4v) is 5.48. The maximum absolute atomic E-state index is 4.69. The predicted molar refractivity (Wildman–Crippen MR) is 156 cm³/mol. The average Bonchev–Trinajstić information content (AvgIpc) is 3.74. The van der Waals surface area contributed by atoms with Gasteiger partial charge in [-0.05, 0) is 60.7 Å². The maximum Gasteiger partial charge on any atom is 0.100 e. The first-order chi connectivity index (χ1) is 19.3. The summed E-state index contributed by atoms with van der Waals surface area (Å²) in [7, 11) is 0. The van der Waals surface area contributed by atoms with E-state index in [4.69, 9.17) is 0 Å². The second-order valence-corrected chi connectivity index (χ2v) is 9.53. The Labute approximate surface area is 224 Å². The number of nitrogens with zero attached hydrogens (tertiary/aromatic N) is 6. The van der Waals surface area contributed by atoms with Crippen LogP contribution in [0.5, 0.6) is 0 Å². The van der Waals surface area contributed by atoms with E-state index >= 15 is 0 Å². The Balaban J connectivity index is 1.42. The minimum absolute atomic E-state index is 0.960. The molecule has 184 valence electrons. The first-order valence-corrected chi connectivity index (χ1v) is 12.9. The van der Waals surface area contributed by atoms with Crippen LogP contribution < -0.4 is 0 Å². The summed E-state index contributed by atoms with van der Waals surface area (Å²) >= 11 is 0. The van der Waals surface area contributed by atoms with Crippen molar-refractivity contribution in [2.24, 2.45) is 0 Å². The van der Waals surface area contributed by atoms with E-state index in [1.54, 1.807) is 0 Å². The van der Waals surface area contributed by atoms with Crippen molar-refractivity contribution in [2.75, 3.05) is 0 Å². The van der Waals surface area contributed by atoms with Crippen molar-refractivity contribution in [3.63, 3.8) is 0 Å². The predicted octanol–water partition coefficient (Wildman–Crippen LogP) is 7.37. The van der Waals surface area contributed by atoms with Crippen molar-refractivity contribution < 1.29 is 0 Å². The van der Waals surface area contributed by atoms with E-state index in [1.807, 2.05) is 61.4 Å². The number of fused-ring (bicyclic) bond motifs is 3. The molecule has 0 atom stereocenters.